The first kappa shape index (κ1) is 13.6. The summed E-state index contributed by atoms with van der Waals surface area (Å²) >= 11 is 2.15. The number of aromatic amines is 1. The number of H-pyrrole nitrogens is 1. The third-order valence-corrected chi connectivity index (χ3v) is 4.03. The van der Waals surface area contributed by atoms with E-state index in [2.05, 4.69) is 53.3 Å². The van der Waals surface area contributed by atoms with Crippen molar-refractivity contribution in [1.82, 2.24) is 14.9 Å². The molecule has 1 aromatic heterocycles. The van der Waals surface area contributed by atoms with Crippen LogP contribution >= 0.6 is 22.6 Å². The lowest BCUT2D eigenvalue weighted by atomic mass is 9.85. The Hall–Kier alpha value is -0.790. The third-order valence-electron chi connectivity index (χ3n) is 3.49. The van der Waals surface area contributed by atoms with Crippen molar-refractivity contribution in [3.8, 4) is 0 Å². The number of nitrogens with zero attached hydrogens (tertiary/aromatic N) is 2. The summed E-state index contributed by atoms with van der Waals surface area (Å²) in [6.45, 7) is 6.26. The van der Waals surface area contributed by atoms with Crippen molar-refractivity contribution in [2.75, 3.05) is 0 Å². The normalized spacial score (nSPS) is 24.6. The molecule has 6 heteroatoms. The fourth-order valence-corrected chi connectivity index (χ4v) is 3.09. The first-order valence-corrected chi connectivity index (χ1v) is 7.10. The van der Waals surface area contributed by atoms with Gasteiger partial charge < -0.3 is 10.1 Å². The van der Waals surface area contributed by atoms with Crippen molar-refractivity contribution in [2.24, 2.45) is 5.41 Å². The number of aromatic nitrogens is 2. The number of hydrogen-bond donors (Lipinski definition) is 2. The molecule has 2 atom stereocenters. The molecule has 1 aliphatic rings. The molecule has 5 nitrogen and oxygen atoms in total. The zero-order chi connectivity index (χ0) is 13.5. The Kier molecular flexibility index (Phi) is 3.57. The summed E-state index contributed by atoms with van der Waals surface area (Å²) in [5.41, 5.74) is -0.0487. The lowest BCUT2D eigenvalue weighted by molar-refractivity contribution is 0.0851. The van der Waals surface area contributed by atoms with E-state index in [1.54, 1.807) is 11.1 Å². The highest BCUT2D eigenvalue weighted by Crippen LogP contribution is 2.42. The van der Waals surface area contributed by atoms with Crippen LogP contribution in [0, 0.1) is 9.12 Å². The average molecular weight is 363 g/mol. The van der Waals surface area contributed by atoms with Crippen LogP contribution in [0.5, 0.6) is 0 Å². The van der Waals surface area contributed by atoms with Crippen molar-refractivity contribution >= 4 is 28.7 Å². The SMILES string of the molecule is CC(C)(C)C1CCC(c2ncc(I)[nH]2)N1C(=O)O. The van der Waals surface area contributed by atoms with E-state index in [0.29, 0.717) is 0 Å². The zero-order valence-electron chi connectivity index (χ0n) is 10.8. The van der Waals surface area contributed by atoms with E-state index >= 15 is 0 Å². The number of halogens is 1. The van der Waals surface area contributed by atoms with Gasteiger partial charge in [0.2, 0.25) is 0 Å². The molecular formula is C12H18IN3O2. The second-order valence-corrected chi connectivity index (χ2v) is 6.94. The van der Waals surface area contributed by atoms with Gasteiger partial charge in [0.05, 0.1) is 15.9 Å². The second-order valence-electron chi connectivity index (χ2n) is 5.78. The molecule has 1 saturated heterocycles. The minimum atomic E-state index is -0.858. The quantitative estimate of drug-likeness (QED) is 0.753. The molecule has 1 amide bonds. The minimum Gasteiger partial charge on any atom is -0.465 e. The summed E-state index contributed by atoms with van der Waals surface area (Å²) in [5.74, 6) is 0.758. The fraction of sp³-hybridized carbons (Fsp3) is 0.667. The maximum absolute atomic E-state index is 11.5. The summed E-state index contributed by atoms with van der Waals surface area (Å²) < 4.78 is 0.937. The van der Waals surface area contributed by atoms with Gasteiger partial charge in [0.1, 0.15) is 5.82 Å². The summed E-state index contributed by atoms with van der Waals surface area (Å²) in [6.07, 6.45) is 2.60. The summed E-state index contributed by atoms with van der Waals surface area (Å²) in [7, 11) is 0. The van der Waals surface area contributed by atoms with Crippen LogP contribution in [-0.2, 0) is 0 Å². The molecule has 1 aliphatic heterocycles. The van der Waals surface area contributed by atoms with Crippen molar-refractivity contribution < 1.29 is 9.90 Å². The number of hydrogen-bond acceptors (Lipinski definition) is 2. The monoisotopic (exact) mass is 363 g/mol. The highest BCUT2D eigenvalue weighted by molar-refractivity contribution is 14.1. The molecule has 2 rings (SSSR count). The van der Waals surface area contributed by atoms with Crippen LogP contribution in [0.15, 0.2) is 6.20 Å². The van der Waals surface area contributed by atoms with Crippen LogP contribution in [0.1, 0.15) is 45.5 Å². The van der Waals surface area contributed by atoms with Crippen LogP contribution in [0.4, 0.5) is 4.79 Å². The molecule has 100 valence electrons. The molecule has 0 radical (unpaired) electrons. The predicted molar refractivity (Wildman–Crippen MR) is 76.4 cm³/mol. The van der Waals surface area contributed by atoms with Gasteiger partial charge in [-0.2, -0.15) is 0 Å². The molecule has 2 heterocycles. The number of likely N-dealkylation sites (tertiary alicyclic amines) is 1. The summed E-state index contributed by atoms with van der Waals surface area (Å²) in [6, 6.07) is -0.0991. The molecule has 0 aromatic carbocycles. The van der Waals surface area contributed by atoms with Gasteiger partial charge in [0.25, 0.3) is 0 Å². The smallest absolute Gasteiger partial charge is 0.408 e. The molecule has 1 aromatic rings. The molecule has 0 bridgehead atoms. The molecule has 0 spiro atoms. The van der Waals surface area contributed by atoms with E-state index in [4.69, 9.17) is 0 Å². The number of nitrogens with one attached hydrogen (secondary N) is 1. The zero-order valence-corrected chi connectivity index (χ0v) is 12.9. The number of carboxylic acid groups (broad SMARTS) is 1. The Morgan fingerprint density at radius 1 is 1.56 bits per heavy atom. The lowest BCUT2D eigenvalue weighted by Gasteiger charge is -2.35. The maximum Gasteiger partial charge on any atom is 0.408 e. The van der Waals surface area contributed by atoms with E-state index in [1.807, 2.05) is 0 Å². The highest BCUT2D eigenvalue weighted by Gasteiger charge is 2.44. The first-order valence-electron chi connectivity index (χ1n) is 6.02. The van der Waals surface area contributed by atoms with Gasteiger partial charge in [-0.05, 0) is 40.8 Å². The van der Waals surface area contributed by atoms with Gasteiger partial charge in [-0.15, -0.1) is 0 Å². The summed E-state index contributed by atoms with van der Waals surface area (Å²) in [4.78, 5) is 20.5. The van der Waals surface area contributed by atoms with E-state index in [1.165, 1.54) is 0 Å². The number of rotatable bonds is 1. The molecule has 0 aliphatic carbocycles. The molecular weight excluding hydrogens is 345 g/mol. The maximum atomic E-state index is 11.5. The van der Waals surface area contributed by atoms with Gasteiger partial charge in [0.15, 0.2) is 0 Å². The Morgan fingerprint density at radius 2 is 2.22 bits per heavy atom. The Bertz CT molecular complexity index is 452. The number of imidazole rings is 1. The van der Waals surface area contributed by atoms with E-state index in [-0.39, 0.29) is 17.5 Å². The lowest BCUT2D eigenvalue weighted by Crippen LogP contribution is -2.43. The van der Waals surface area contributed by atoms with E-state index < -0.39 is 6.09 Å². The minimum absolute atomic E-state index is 0.0442. The van der Waals surface area contributed by atoms with Gasteiger partial charge >= 0.3 is 6.09 Å². The molecule has 2 unspecified atom stereocenters. The number of carbonyl (C=O) groups is 1. The van der Waals surface area contributed by atoms with E-state index in [9.17, 15) is 9.90 Å². The standard InChI is InChI=1S/C12H18IN3O2/c1-12(2,3)8-5-4-7(16(8)11(17)18)10-14-6-9(13)15-10/h6-8H,4-5H2,1-3H3,(H,14,15)(H,17,18). The van der Waals surface area contributed by atoms with Gasteiger partial charge in [-0.1, -0.05) is 20.8 Å². The van der Waals surface area contributed by atoms with Crippen LogP contribution < -0.4 is 0 Å². The topological polar surface area (TPSA) is 69.2 Å². The molecule has 0 saturated carbocycles. The van der Waals surface area contributed by atoms with Gasteiger partial charge in [0, 0.05) is 6.04 Å². The van der Waals surface area contributed by atoms with Gasteiger partial charge in [-0.25, -0.2) is 9.78 Å². The second kappa shape index (κ2) is 4.71. The Morgan fingerprint density at radius 3 is 2.67 bits per heavy atom. The number of amides is 1. The Balaban J connectivity index is 2.30. The van der Waals surface area contributed by atoms with E-state index in [0.717, 1.165) is 22.4 Å². The first-order chi connectivity index (χ1) is 8.30. The highest BCUT2D eigenvalue weighted by atomic mass is 127. The van der Waals surface area contributed by atoms with Crippen molar-refractivity contribution in [1.29, 1.82) is 0 Å². The average Bonchev–Trinajstić information content (AvgIpc) is 2.80. The molecule has 1 fully saturated rings. The van der Waals surface area contributed by atoms with Crippen LogP contribution in [-0.4, -0.2) is 32.1 Å². The predicted octanol–water partition coefficient (Wildman–Crippen LogP) is 3.24. The Labute approximate surface area is 120 Å². The van der Waals surface area contributed by atoms with Crippen LogP contribution in [0.25, 0.3) is 0 Å². The summed E-state index contributed by atoms with van der Waals surface area (Å²) in [5, 5.41) is 9.47. The third kappa shape index (κ3) is 2.48. The van der Waals surface area contributed by atoms with Crippen molar-refractivity contribution in [3.05, 3.63) is 15.7 Å². The van der Waals surface area contributed by atoms with Crippen molar-refractivity contribution in [2.45, 2.75) is 45.7 Å². The van der Waals surface area contributed by atoms with Gasteiger partial charge in [-0.3, -0.25) is 4.90 Å². The van der Waals surface area contributed by atoms with Crippen LogP contribution in [0.3, 0.4) is 0 Å². The van der Waals surface area contributed by atoms with Crippen molar-refractivity contribution in [3.63, 3.8) is 0 Å². The molecule has 2 N–H and O–H groups in total. The fourth-order valence-electron chi connectivity index (χ4n) is 2.68. The largest absolute Gasteiger partial charge is 0.465 e. The van der Waals surface area contributed by atoms with Crippen LogP contribution in [0.2, 0.25) is 0 Å². The molecule has 18 heavy (non-hydrogen) atoms.